The predicted molar refractivity (Wildman–Crippen MR) is 131 cm³/mol. The Balaban J connectivity index is 0.000000747. The van der Waals surface area contributed by atoms with Gasteiger partial charge in [0.2, 0.25) is 0 Å². The summed E-state index contributed by atoms with van der Waals surface area (Å²) in [4.78, 5) is 44.9. The molecular weight excluding hydrogens is 527 g/mol. The molecule has 2 aliphatic heterocycles. The third-order valence-electron chi connectivity index (χ3n) is 5.33. The lowest BCUT2D eigenvalue weighted by molar-refractivity contribution is -0.134. The van der Waals surface area contributed by atoms with Crippen LogP contribution in [0.2, 0.25) is 10.0 Å². The molecule has 2 aliphatic rings. The van der Waals surface area contributed by atoms with Gasteiger partial charge in [0.15, 0.2) is 17.1 Å². The molecule has 0 radical (unpaired) electrons. The van der Waals surface area contributed by atoms with Gasteiger partial charge in [0.1, 0.15) is 11.5 Å². The number of carboxylic acid groups (broad SMARTS) is 1. The highest BCUT2D eigenvalue weighted by Crippen LogP contribution is 2.58. The third-order valence-corrected chi connectivity index (χ3v) is 5.92. The van der Waals surface area contributed by atoms with Crippen molar-refractivity contribution in [3.63, 3.8) is 0 Å². The van der Waals surface area contributed by atoms with Gasteiger partial charge in [0.05, 0.1) is 15.6 Å². The summed E-state index contributed by atoms with van der Waals surface area (Å²) in [5.74, 6) is -1.87. The minimum atomic E-state index is -1.44. The fraction of sp³-hybridized carbons (Fsp3) is 0.154. The number of benzene rings is 3. The van der Waals surface area contributed by atoms with Gasteiger partial charge in [-0.05, 0) is 18.2 Å². The number of hydrogen-bond donors (Lipinski definition) is 1. The Morgan fingerprint density at radius 2 is 1.27 bits per heavy atom. The van der Waals surface area contributed by atoms with Crippen molar-refractivity contribution in [3.05, 3.63) is 80.8 Å². The average Bonchev–Trinajstić information content (AvgIpc) is 3.09. The Kier molecular flexibility index (Phi) is 6.86. The summed E-state index contributed by atoms with van der Waals surface area (Å²) in [5.41, 5.74) is 0.342. The van der Waals surface area contributed by atoms with Crippen LogP contribution in [0.25, 0.3) is 0 Å². The molecular formula is C26H18Cl2O9. The first kappa shape index (κ1) is 26.0. The van der Waals surface area contributed by atoms with Crippen molar-refractivity contribution in [2.45, 2.75) is 26.4 Å². The molecule has 5 rings (SSSR count). The Bertz CT molecular complexity index is 1400. The molecule has 0 aliphatic carbocycles. The van der Waals surface area contributed by atoms with Crippen LogP contribution in [0, 0.1) is 0 Å². The lowest BCUT2D eigenvalue weighted by atomic mass is 9.77. The molecule has 0 bridgehead atoms. The molecule has 0 saturated heterocycles. The number of carbonyl (C=O) groups is 4. The first-order valence-corrected chi connectivity index (χ1v) is 11.4. The van der Waals surface area contributed by atoms with Crippen LogP contribution in [0.1, 0.15) is 47.8 Å². The Morgan fingerprint density at radius 1 is 0.811 bits per heavy atom. The quantitative estimate of drug-likeness (QED) is 0.328. The van der Waals surface area contributed by atoms with Crippen LogP contribution in [-0.4, -0.2) is 29.0 Å². The number of halogens is 2. The second kappa shape index (κ2) is 9.76. The lowest BCUT2D eigenvalue weighted by Gasteiger charge is -2.37. The first-order valence-electron chi connectivity index (χ1n) is 10.7. The van der Waals surface area contributed by atoms with Gasteiger partial charge in [0, 0.05) is 49.6 Å². The first-order chi connectivity index (χ1) is 17.4. The van der Waals surface area contributed by atoms with Crippen LogP contribution in [0.3, 0.4) is 0 Å². The van der Waals surface area contributed by atoms with E-state index in [0.29, 0.717) is 22.3 Å². The molecule has 1 N–H and O–H groups in total. The topological polar surface area (TPSA) is 125 Å². The SMILES string of the molecule is CC(=O)O.CC(=O)Oc1cc2c(cc1Cl)C1(OC(=O)c3ccccc31)c1cc(Cl)c(OC(C)=O)cc1O2. The summed E-state index contributed by atoms with van der Waals surface area (Å²) in [7, 11) is 0. The molecule has 190 valence electrons. The van der Waals surface area contributed by atoms with Crippen LogP contribution >= 0.6 is 23.2 Å². The molecule has 0 saturated carbocycles. The molecule has 2 heterocycles. The van der Waals surface area contributed by atoms with Crippen molar-refractivity contribution in [2.75, 3.05) is 0 Å². The molecule has 0 fully saturated rings. The fourth-order valence-corrected chi connectivity index (χ4v) is 4.54. The predicted octanol–water partition coefficient (Wildman–Crippen LogP) is 5.50. The van der Waals surface area contributed by atoms with Gasteiger partial charge in [-0.2, -0.15) is 0 Å². The Hall–Kier alpha value is -4.08. The van der Waals surface area contributed by atoms with Gasteiger partial charge in [0.25, 0.3) is 5.97 Å². The summed E-state index contributed by atoms with van der Waals surface area (Å²) in [6.45, 7) is 3.57. The van der Waals surface area contributed by atoms with E-state index in [1.165, 1.54) is 38.1 Å². The van der Waals surface area contributed by atoms with E-state index in [2.05, 4.69) is 0 Å². The average molecular weight is 545 g/mol. The molecule has 37 heavy (non-hydrogen) atoms. The van der Waals surface area contributed by atoms with E-state index in [0.717, 1.165) is 6.92 Å². The molecule has 0 amide bonds. The van der Waals surface area contributed by atoms with Crippen molar-refractivity contribution >= 4 is 47.1 Å². The van der Waals surface area contributed by atoms with Gasteiger partial charge < -0.3 is 24.1 Å². The van der Waals surface area contributed by atoms with E-state index in [4.69, 9.17) is 52.1 Å². The summed E-state index contributed by atoms with van der Waals surface area (Å²) in [6, 6.07) is 12.9. The van der Waals surface area contributed by atoms with Gasteiger partial charge in [-0.25, -0.2) is 4.79 Å². The van der Waals surface area contributed by atoms with Gasteiger partial charge >= 0.3 is 17.9 Å². The maximum absolute atomic E-state index is 12.9. The Morgan fingerprint density at radius 3 is 1.73 bits per heavy atom. The summed E-state index contributed by atoms with van der Waals surface area (Å²) in [6.07, 6.45) is 0. The minimum absolute atomic E-state index is 0.0771. The second-order valence-electron chi connectivity index (χ2n) is 7.98. The number of fused-ring (bicyclic) bond motifs is 6. The number of rotatable bonds is 2. The van der Waals surface area contributed by atoms with Crippen LogP contribution in [0.15, 0.2) is 48.5 Å². The van der Waals surface area contributed by atoms with Gasteiger partial charge in [-0.1, -0.05) is 41.4 Å². The van der Waals surface area contributed by atoms with E-state index in [1.54, 1.807) is 24.3 Å². The number of carbonyl (C=O) groups excluding carboxylic acids is 3. The van der Waals surface area contributed by atoms with E-state index in [9.17, 15) is 14.4 Å². The monoisotopic (exact) mass is 544 g/mol. The van der Waals surface area contributed by atoms with Gasteiger partial charge in [-0.15, -0.1) is 0 Å². The van der Waals surface area contributed by atoms with Crippen molar-refractivity contribution in [2.24, 2.45) is 0 Å². The molecule has 3 aromatic rings. The third kappa shape index (κ3) is 4.71. The van der Waals surface area contributed by atoms with E-state index < -0.39 is 29.5 Å². The number of carboxylic acids is 1. The molecule has 9 nitrogen and oxygen atoms in total. The maximum atomic E-state index is 12.9. The van der Waals surface area contributed by atoms with Crippen molar-refractivity contribution in [1.29, 1.82) is 0 Å². The number of ether oxygens (including phenoxy) is 4. The molecule has 11 heteroatoms. The van der Waals surface area contributed by atoms with Crippen molar-refractivity contribution in [3.8, 4) is 23.0 Å². The summed E-state index contributed by atoms with van der Waals surface area (Å²) >= 11 is 12.8. The van der Waals surface area contributed by atoms with Crippen LogP contribution < -0.4 is 14.2 Å². The summed E-state index contributed by atoms with van der Waals surface area (Å²) < 4.78 is 22.5. The number of hydrogen-bond acceptors (Lipinski definition) is 8. The molecule has 0 aromatic heterocycles. The van der Waals surface area contributed by atoms with Crippen LogP contribution in [0.5, 0.6) is 23.0 Å². The van der Waals surface area contributed by atoms with Crippen LogP contribution in [0.4, 0.5) is 0 Å². The number of esters is 3. The summed E-state index contributed by atoms with van der Waals surface area (Å²) in [5, 5.41) is 7.66. The van der Waals surface area contributed by atoms with E-state index >= 15 is 0 Å². The lowest BCUT2D eigenvalue weighted by Crippen LogP contribution is -2.33. The highest BCUT2D eigenvalue weighted by atomic mass is 35.5. The van der Waals surface area contributed by atoms with Gasteiger partial charge in [-0.3, -0.25) is 14.4 Å². The fourth-order valence-electron chi connectivity index (χ4n) is 4.14. The zero-order chi connectivity index (χ0) is 27.1. The minimum Gasteiger partial charge on any atom is -0.481 e. The molecule has 1 spiro atoms. The largest absolute Gasteiger partial charge is 0.481 e. The second-order valence-corrected chi connectivity index (χ2v) is 8.80. The highest BCUT2D eigenvalue weighted by Gasteiger charge is 2.54. The standard InChI is InChI=1S/C24H14Cl2O7.C2H4O2/c1-11(27)30-21-9-19-15(7-17(21)25)24(14-6-4-3-5-13(14)23(29)33-24)16-8-18(26)22(31-12(2)28)10-20(16)32-19;1-2(3)4/h3-10H,1-2H3;1H3,(H,3,4). The number of aliphatic carboxylic acids is 1. The maximum Gasteiger partial charge on any atom is 0.340 e. The zero-order valence-corrected chi connectivity index (χ0v) is 21.1. The smallest absolute Gasteiger partial charge is 0.340 e. The van der Waals surface area contributed by atoms with Crippen LogP contribution in [-0.2, 0) is 24.7 Å². The normalized spacial score (nSPS) is 13.6. The van der Waals surface area contributed by atoms with Crippen molar-refractivity contribution < 1.29 is 43.2 Å². The van der Waals surface area contributed by atoms with E-state index in [-0.39, 0.29) is 33.0 Å². The molecule has 3 aromatic carbocycles. The Labute approximate surface area is 220 Å². The van der Waals surface area contributed by atoms with E-state index in [1.807, 2.05) is 0 Å². The molecule has 0 atom stereocenters. The highest BCUT2D eigenvalue weighted by molar-refractivity contribution is 6.32. The molecule has 0 unspecified atom stereocenters. The zero-order valence-electron chi connectivity index (χ0n) is 19.6. The van der Waals surface area contributed by atoms with Crippen molar-refractivity contribution in [1.82, 2.24) is 0 Å².